The maximum Gasteiger partial charge on any atom is 0.341 e. The van der Waals surface area contributed by atoms with E-state index >= 15 is 4.39 Å². The van der Waals surface area contributed by atoms with Crippen molar-refractivity contribution in [3.63, 3.8) is 0 Å². The Hall–Kier alpha value is -2.87. The van der Waals surface area contributed by atoms with Crippen LogP contribution in [0.15, 0.2) is 51.1 Å². The lowest BCUT2D eigenvalue weighted by molar-refractivity contribution is 0.0694. The summed E-state index contributed by atoms with van der Waals surface area (Å²) in [6.45, 7) is 0. The zero-order chi connectivity index (χ0) is 19.3. The molecule has 0 bridgehead atoms. The Balaban J connectivity index is 1.96. The smallest absolute Gasteiger partial charge is 0.341 e. The highest BCUT2D eigenvalue weighted by molar-refractivity contribution is 7.99. The summed E-state index contributed by atoms with van der Waals surface area (Å²) in [5.74, 6) is -3.20. The average Bonchev–Trinajstić information content (AvgIpc) is 3.46. The van der Waals surface area contributed by atoms with E-state index in [9.17, 15) is 19.1 Å². The summed E-state index contributed by atoms with van der Waals surface area (Å²) in [6.07, 6.45) is 2.64. The number of hydrogen-bond donors (Lipinski definition) is 2. The monoisotopic (exact) mass is 388 g/mol. The first-order valence-corrected chi connectivity index (χ1v) is 9.02. The number of rotatable bonds is 4. The van der Waals surface area contributed by atoms with Crippen LogP contribution in [0, 0.1) is 11.6 Å². The molecule has 1 fully saturated rings. The van der Waals surface area contributed by atoms with E-state index in [1.54, 1.807) is 24.3 Å². The second-order valence-corrected chi connectivity index (χ2v) is 7.47. The van der Waals surface area contributed by atoms with Gasteiger partial charge in [0.25, 0.3) is 0 Å². The maximum atomic E-state index is 15.3. The normalized spacial score (nSPS) is 13.9. The van der Waals surface area contributed by atoms with Crippen molar-refractivity contribution in [2.75, 3.05) is 5.73 Å². The van der Waals surface area contributed by atoms with Gasteiger partial charge in [-0.05, 0) is 43.2 Å². The molecule has 3 aromatic rings. The van der Waals surface area contributed by atoms with Crippen molar-refractivity contribution in [2.45, 2.75) is 28.7 Å². The average molecular weight is 388 g/mol. The van der Waals surface area contributed by atoms with E-state index in [0.29, 0.717) is 10.6 Å². The zero-order valence-electron chi connectivity index (χ0n) is 13.9. The van der Waals surface area contributed by atoms with Gasteiger partial charge in [0.1, 0.15) is 11.4 Å². The number of anilines is 1. The Morgan fingerprint density at radius 1 is 1.22 bits per heavy atom. The summed E-state index contributed by atoms with van der Waals surface area (Å²) in [5, 5.41) is 8.98. The van der Waals surface area contributed by atoms with E-state index in [2.05, 4.69) is 0 Å². The van der Waals surface area contributed by atoms with Crippen LogP contribution in [0.5, 0.6) is 0 Å². The molecule has 5 nitrogen and oxygen atoms in total. The first-order chi connectivity index (χ1) is 12.9. The van der Waals surface area contributed by atoms with Crippen molar-refractivity contribution >= 4 is 34.3 Å². The second-order valence-electron chi connectivity index (χ2n) is 6.38. The summed E-state index contributed by atoms with van der Waals surface area (Å²) < 4.78 is 31.3. The fourth-order valence-corrected chi connectivity index (χ4v) is 3.81. The zero-order valence-corrected chi connectivity index (χ0v) is 14.7. The van der Waals surface area contributed by atoms with Crippen molar-refractivity contribution in [1.29, 1.82) is 0 Å². The molecule has 0 aliphatic heterocycles. The molecule has 4 rings (SSSR count). The van der Waals surface area contributed by atoms with Crippen LogP contribution in [0.25, 0.3) is 10.9 Å². The molecule has 27 heavy (non-hydrogen) atoms. The van der Waals surface area contributed by atoms with Gasteiger partial charge in [0, 0.05) is 22.8 Å². The number of pyridine rings is 1. The Morgan fingerprint density at radius 2 is 1.89 bits per heavy atom. The number of fused-ring (bicyclic) bond motifs is 1. The molecule has 8 heteroatoms. The van der Waals surface area contributed by atoms with E-state index < -0.39 is 28.6 Å². The van der Waals surface area contributed by atoms with Crippen LogP contribution in [0.1, 0.15) is 29.2 Å². The number of halogens is 2. The first-order valence-electron chi connectivity index (χ1n) is 8.20. The number of hydrogen-bond acceptors (Lipinski definition) is 4. The minimum atomic E-state index is -1.42. The molecule has 0 amide bonds. The Kier molecular flexibility index (Phi) is 4.15. The van der Waals surface area contributed by atoms with Crippen LogP contribution in [0.3, 0.4) is 0 Å². The molecule has 0 saturated heterocycles. The number of carbonyl (C=O) groups is 1. The molecular weight excluding hydrogens is 374 g/mol. The van der Waals surface area contributed by atoms with E-state index in [0.717, 1.165) is 36.9 Å². The van der Waals surface area contributed by atoms with Gasteiger partial charge in [-0.25, -0.2) is 13.6 Å². The van der Waals surface area contributed by atoms with Crippen LogP contribution >= 0.6 is 11.8 Å². The fourth-order valence-electron chi connectivity index (χ4n) is 2.96. The summed E-state index contributed by atoms with van der Waals surface area (Å²) in [6, 6.07) is 7.36. The highest BCUT2D eigenvalue weighted by Crippen LogP contribution is 2.40. The predicted molar refractivity (Wildman–Crippen MR) is 98.3 cm³/mol. The third-order valence-corrected chi connectivity index (χ3v) is 5.52. The van der Waals surface area contributed by atoms with Gasteiger partial charge in [-0.1, -0.05) is 11.8 Å². The molecule has 1 aliphatic rings. The van der Waals surface area contributed by atoms with Crippen LogP contribution < -0.4 is 11.2 Å². The third kappa shape index (κ3) is 3.06. The minimum absolute atomic E-state index is 0.0631. The van der Waals surface area contributed by atoms with E-state index in [4.69, 9.17) is 5.73 Å². The molecule has 3 N–H and O–H groups in total. The lowest BCUT2D eigenvalue weighted by atomic mass is 10.1. The Labute approximate surface area is 156 Å². The van der Waals surface area contributed by atoms with Crippen LogP contribution in [0.4, 0.5) is 14.5 Å². The molecule has 1 heterocycles. The molecule has 0 radical (unpaired) electrons. The van der Waals surface area contributed by atoms with Gasteiger partial charge >= 0.3 is 5.97 Å². The number of nitrogen functional groups attached to an aromatic ring is 1. The molecular formula is C19H14F2N2O3S. The Bertz CT molecular complexity index is 1140. The van der Waals surface area contributed by atoms with Crippen molar-refractivity contribution < 1.29 is 18.7 Å². The van der Waals surface area contributed by atoms with Gasteiger partial charge in [0.2, 0.25) is 5.43 Å². The van der Waals surface area contributed by atoms with Crippen LogP contribution in [-0.4, -0.2) is 15.6 Å². The van der Waals surface area contributed by atoms with Crippen LogP contribution in [0.2, 0.25) is 0 Å². The highest BCUT2D eigenvalue weighted by atomic mass is 32.2. The van der Waals surface area contributed by atoms with Gasteiger partial charge in [0.05, 0.1) is 15.8 Å². The molecule has 0 spiro atoms. The van der Waals surface area contributed by atoms with Gasteiger partial charge in [-0.2, -0.15) is 0 Å². The minimum Gasteiger partial charge on any atom is -0.477 e. The maximum absolute atomic E-state index is 15.3. The van der Waals surface area contributed by atoms with Gasteiger partial charge in [-0.15, -0.1) is 0 Å². The first kappa shape index (κ1) is 17.5. The fraction of sp³-hybridized carbons (Fsp3) is 0.158. The summed E-state index contributed by atoms with van der Waals surface area (Å²) in [4.78, 5) is 24.1. The van der Waals surface area contributed by atoms with Crippen molar-refractivity contribution in [2.24, 2.45) is 0 Å². The SMILES string of the molecule is Nc1ccc(Sc2c(F)cc3c(=O)c(C(=O)O)cn(C4CC4)c3c2F)cc1. The van der Waals surface area contributed by atoms with Gasteiger partial charge < -0.3 is 15.4 Å². The van der Waals surface area contributed by atoms with E-state index in [1.807, 2.05) is 0 Å². The molecule has 1 aromatic heterocycles. The number of nitrogens with two attached hydrogens (primary N) is 1. The molecule has 1 aliphatic carbocycles. The number of aromatic carboxylic acids is 1. The molecule has 2 aromatic carbocycles. The summed E-state index contributed by atoms with van der Waals surface area (Å²) >= 11 is 0.884. The molecule has 0 atom stereocenters. The topological polar surface area (TPSA) is 85.3 Å². The number of carboxylic acids is 1. The third-order valence-electron chi connectivity index (χ3n) is 4.44. The number of benzene rings is 2. The largest absolute Gasteiger partial charge is 0.477 e. The molecule has 1 saturated carbocycles. The highest BCUT2D eigenvalue weighted by Gasteiger charge is 2.30. The molecule has 138 valence electrons. The Morgan fingerprint density at radius 3 is 2.48 bits per heavy atom. The number of carboxylic acid groups (broad SMARTS) is 1. The van der Waals surface area contributed by atoms with E-state index in [-0.39, 0.29) is 21.8 Å². The molecule has 0 unspecified atom stereocenters. The predicted octanol–water partition coefficient (Wildman–Crippen LogP) is 4.05. The number of nitrogens with zero attached hydrogens (tertiary/aromatic N) is 1. The van der Waals surface area contributed by atoms with Crippen molar-refractivity contribution in [3.05, 3.63) is 63.9 Å². The van der Waals surface area contributed by atoms with Crippen molar-refractivity contribution in [1.82, 2.24) is 4.57 Å². The lowest BCUT2D eigenvalue weighted by Gasteiger charge is -2.15. The van der Waals surface area contributed by atoms with Gasteiger partial charge in [-0.3, -0.25) is 4.79 Å². The summed E-state index contributed by atoms with van der Waals surface area (Å²) in [5.41, 5.74) is 4.71. The quantitative estimate of drug-likeness (QED) is 0.659. The standard InChI is InChI=1S/C19H14F2N2O3S/c20-14-7-12-16(15(21)18(14)27-11-5-1-9(22)2-6-11)23(10-3-4-10)8-13(17(12)24)19(25)26/h1-2,5-8,10H,3-4,22H2,(H,25,26). The summed E-state index contributed by atoms with van der Waals surface area (Å²) in [7, 11) is 0. The van der Waals surface area contributed by atoms with Crippen LogP contribution in [-0.2, 0) is 0 Å². The second kappa shape index (κ2) is 6.38. The number of aromatic nitrogens is 1. The van der Waals surface area contributed by atoms with Crippen molar-refractivity contribution in [3.8, 4) is 0 Å². The lowest BCUT2D eigenvalue weighted by Crippen LogP contribution is -2.20. The van der Waals surface area contributed by atoms with Gasteiger partial charge in [0.15, 0.2) is 5.82 Å². The van der Waals surface area contributed by atoms with E-state index in [1.165, 1.54) is 4.57 Å².